The second-order valence-corrected chi connectivity index (χ2v) is 12.5. The van der Waals surface area contributed by atoms with Gasteiger partial charge in [0.05, 0.1) is 23.8 Å². The number of hydrogen-bond acceptors (Lipinski definition) is 8. The van der Waals surface area contributed by atoms with Crippen LogP contribution < -0.4 is 26.2 Å². The summed E-state index contributed by atoms with van der Waals surface area (Å²) in [5.74, 6) is -1.05. The Labute approximate surface area is 263 Å². The van der Waals surface area contributed by atoms with Gasteiger partial charge in [0, 0.05) is 31.7 Å². The van der Waals surface area contributed by atoms with Crippen LogP contribution in [-0.4, -0.2) is 54.3 Å². The van der Waals surface area contributed by atoms with Crippen LogP contribution in [0.1, 0.15) is 70.1 Å². The molecule has 0 saturated heterocycles. The van der Waals surface area contributed by atoms with Gasteiger partial charge in [-0.1, -0.05) is 18.2 Å². The van der Waals surface area contributed by atoms with E-state index in [0.29, 0.717) is 22.6 Å². The first-order valence-corrected chi connectivity index (χ1v) is 14.4. The molecule has 1 unspecified atom stereocenters. The van der Waals surface area contributed by atoms with Crippen molar-refractivity contribution in [1.82, 2.24) is 10.3 Å². The van der Waals surface area contributed by atoms with E-state index in [2.05, 4.69) is 26.3 Å². The Hall–Kier alpha value is -5.13. The monoisotopic (exact) mass is 618 g/mol. The molecule has 1 heterocycles. The smallest absolute Gasteiger partial charge is 0.412 e. The Bertz CT molecular complexity index is 1490. The summed E-state index contributed by atoms with van der Waals surface area (Å²) in [6.07, 6.45) is 0.590. The topological polar surface area (TPSA) is 151 Å². The zero-order chi connectivity index (χ0) is 33.4. The van der Waals surface area contributed by atoms with Gasteiger partial charge < -0.3 is 30.3 Å². The summed E-state index contributed by atoms with van der Waals surface area (Å²) in [6, 6.07) is 15.7. The predicted octanol–water partition coefficient (Wildman–Crippen LogP) is 6.34. The number of esters is 1. The molecule has 2 aromatic carbocycles. The second-order valence-electron chi connectivity index (χ2n) is 12.5. The number of amides is 4. The number of ether oxygens (including phenoxy) is 2. The molecule has 12 nitrogen and oxygen atoms in total. The van der Waals surface area contributed by atoms with Gasteiger partial charge in [-0.05, 0) is 89.6 Å². The summed E-state index contributed by atoms with van der Waals surface area (Å²) in [6.45, 7) is 10.5. The van der Waals surface area contributed by atoms with Crippen LogP contribution in [0.4, 0.5) is 32.3 Å². The maximum Gasteiger partial charge on any atom is 0.412 e. The fraction of sp³-hybridized carbons (Fsp3) is 0.364. The molecule has 0 radical (unpaired) electrons. The predicted molar refractivity (Wildman–Crippen MR) is 175 cm³/mol. The number of pyridine rings is 1. The fourth-order valence-corrected chi connectivity index (χ4v) is 4.02. The third-order valence-electron chi connectivity index (χ3n) is 5.97. The lowest BCUT2D eigenvalue weighted by Gasteiger charge is -2.23. The highest BCUT2D eigenvalue weighted by atomic mass is 16.6. The van der Waals surface area contributed by atoms with Gasteiger partial charge in [0.1, 0.15) is 16.9 Å². The zero-order valence-corrected chi connectivity index (χ0v) is 27.0. The summed E-state index contributed by atoms with van der Waals surface area (Å²) >= 11 is 0. The van der Waals surface area contributed by atoms with E-state index in [9.17, 15) is 19.2 Å². The van der Waals surface area contributed by atoms with Crippen molar-refractivity contribution >= 4 is 46.8 Å². The van der Waals surface area contributed by atoms with Gasteiger partial charge in [0.2, 0.25) is 0 Å². The van der Waals surface area contributed by atoms with Gasteiger partial charge in [0.25, 0.3) is 5.91 Å². The van der Waals surface area contributed by atoms with Crippen molar-refractivity contribution in [2.75, 3.05) is 34.9 Å². The zero-order valence-electron chi connectivity index (χ0n) is 27.0. The Balaban J connectivity index is 1.75. The van der Waals surface area contributed by atoms with Gasteiger partial charge in [0.15, 0.2) is 0 Å². The summed E-state index contributed by atoms with van der Waals surface area (Å²) in [7, 11) is 3.84. The lowest BCUT2D eigenvalue weighted by atomic mass is 10.0. The van der Waals surface area contributed by atoms with Crippen LogP contribution in [0.25, 0.3) is 0 Å². The Kier molecular flexibility index (Phi) is 11.1. The van der Waals surface area contributed by atoms with Crippen molar-refractivity contribution in [3.63, 3.8) is 0 Å². The first kappa shape index (κ1) is 34.4. The second kappa shape index (κ2) is 14.6. The third-order valence-corrected chi connectivity index (χ3v) is 5.97. The molecule has 0 aliphatic heterocycles. The quantitative estimate of drug-likeness (QED) is 0.203. The molecule has 0 aliphatic carbocycles. The normalized spacial score (nSPS) is 11.9. The number of benzene rings is 2. The number of anilines is 4. The number of aromatic nitrogens is 1. The SMILES string of the molecule is CN(C)c1ccc(NC(=O)NC(CC(=O)OC(C)(C)C)c2ccc(C(=O)Nc3ccccc3NC(=O)OC(C)(C)C)nc2)cc1. The molecule has 1 aromatic heterocycles. The van der Waals surface area contributed by atoms with E-state index in [0.717, 1.165) is 5.69 Å². The summed E-state index contributed by atoms with van der Waals surface area (Å²) in [4.78, 5) is 57.2. The lowest BCUT2D eigenvalue weighted by molar-refractivity contribution is -0.155. The standard InChI is InChI=1S/C33H42N6O6/c1-32(2,3)44-28(40)19-27(37-30(42)35-22-14-16-23(17-15-22)39(7)8)21-13-18-26(34-20-21)29(41)36-24-11-9-10-12-25(24)38-31(43)45-33(4,5)6/h9-18,20,27H,19H2,1-8H3,(H,36,41)(H,38,43)(H2,35,37,42). The highest BCUT2D eigenvalue weighted by Crippen LogP contribution is 2.24. The first-order chi connectivity index (χ1) is 21.0. The molecule has 4 N–H and O–H groups in total. The van der Waals surface area contributed by atoms with Crippen molar-refractivity contribution in [3.05, 3.63) is 78.1 Å². The number of rotatable bonds is 9. The molecule has 240 valence electrons. The van der Waals surface area contributed by atoms with E-state index < -0.39 is 41.2 Å². The number of nitrogens with zero attached hydrogens (tertiary/aromatic N) is 2. The number of urea groups is 1. The number of hydrogen-bond donors (Lipinski definition) is 4. The number of carbonyl (C=O) groups excluding carboxylic acids is 4. The van der Waals surface area contributed by atoms with Crippen molar-refractivity contribution < 1.29 is 28.7 Å². The van der Waals surface area contributed by atoms with Crippen molar-refractivity contribution in [2.45, 2.75) is 65.2 Å². The molecule has 0 bridgehead atoms. The van der Waals surface area contributed by atoms with E-state index in [1.165, 1.54) is 12.3 Å². The minimum Gasteiger partial charge on any atom is -0.460 e. The molecule has 0 fully saturated rings. The number of carbonyl (C=O) groups is 4. The molecule has 1 atom stereocenters. The van der Waals surface area contributed by atoms with Crippen molar-refractivity contribution in [1.29, 1.82) is 0 Å². The average molecular weight is 619 g/mol. The molecule has 0 spiro atoms. The molecular formula is C33H42N6O6. The van der Waals surface area contributed by atoms with Gasteiger partial charge in [-0.25, -0.2) is 9.59 Å². The first-order valence-electron chi connectivity index (χ1n) is 14.4. The van der Waals surface area contributed by atoms with Crippen molar-refractivity contribution in [2.24, 2.45) is 0 Å². The minimum absolute atomic E-state index is 0.0762. The molecule has 0 saturated carbocycles. The summed E-state index contributed by atoms with van der Waals surface area (Å²) in [5.41, 5.74) is 1.40. The lowest BCUT2D eigenvalue weighted by Crippen LogP contribution is -2.35. The highest BCUT2D eigenvalue weighted by molar-refractivity contribution is 6.05. The van der Waals surface area contributed by atoms with Gasteiger partial charge >= 0.3 is 18.1 Å². The van der Waals surface area contributed by atoms with Crippen LogP contribution in [0, 0.1) is 0 Å². The minimum atomic E-state index is -0.802. The number of nitrogens with one attached hydrogen (secondary N) is 4. The van der Waals surface area contributed by atoms with Crippen LogP contribution in [-0.2, 0) is 14.3 Å². The third kappa shape index (κ3) is 11.5. The molecule has 3 aromatic rings. The summed E-state index contributed by atoms with van der Waals surface area (Å²) < 4.78 is 10.8. The van der Waals surface area contributed by atoms with E-state index in [1.54, 1.807) is 84.0 Å². The maximum absolute atomic E-state index is 13.1. The largest absolute Gasteiger partial charge is 0.460 e. The van der Waals surface area contributed by atoms with Crippen molar-refractivity contribution in [3.8, 4) is 0 Å². The van der Waals surface area contributed by atoms with E-state index in [-0.39, 0.29) is 12.1 Å². The van der Waals surface area contributed by atoms with Gasteiger partial charge in [-0.2, -0.15) is 0 Å². The van der Waals surface area contributed by atoms with Crippen LogP contribution in [0.3, 0.4) is 0 Å². The van der Waals surface area contributed by atoms with E-state index in [1.807, 2.05) is 31.1 Å². The molecule has 4 amide bonds. The van der Waals surface area contributed by atoms with E-state index in [4.69, 9.17) is 9.47 Å². The van der Waals surface area contributed by atoms with Crippen LogP contribution in [0.15, 0.2) is 66.9 Å². The van der Waals surface area contributed by atoms with E-state index >= 15 is 0 Å². The number of para-hydroxylation sites is 2. The Morgan fingerprint density at radius 1 is 0.778 bits per heavy atom. The molecule has 45 heavy (non-hydrogen) atoms. The Morgan fingerprint density at radius 2 is 1.38 bits per heavy atom. The molecule has 3 rings (SSSR count). The summed E-state index contributed by atoms with van der Waals surface area (Å²) in [5, 5.41) is 11.0. The molecule has 0 aliphatic rings. The van der Waals surface area contributed by atoms with Gasteiger partial charge in [-0.15, -0.1) is 0 Å². The average Bonchev–Trinajstić information content (AvgIpc) is 2.92. The molecule has 12 heteroatoms. The molecular weight excluding hydrogens is 576 g/mol. The maximum atomic E-state index is 13.1. The van der Waals surface area contributed by atoms with Crippen LogP contribution in [0.5, 0.6) is 0 Å². The fourth-order valence-electron chi connectivity index (χ4n) is 4.02. The highest BCUT2D eigenvalue weighted by Gasteiger charge is 2.24. The van der Waals surface area contributed by atoms with Gasteiger partial charge in [-0.3, -0.25) is 19.9 Å². The van der Waals surface area contributed by atoms with Crippen LogP contribution >= 0.6 is 0 Å². The van der Waals surface area contributed by atoms with Crippen LogP contribution in [0.2, 0.25) is 0 Å². The Morgan fingerprint density at radius 3 is 1.91 bits per heavy atom.